The topological polar surface area (TPSA) is 74.2 Å². The van der Waals surface area contributed by atoms with Gasteiger partial charge in [0.05, 0.1) is 0 Å². The molecule has 1 N–H and O–H groups in total. The van der Waals surface area contributed by atoms with Crippen molar-refractivity contribution in [3.8, 4) is 11.5 Å². The lowest BCUT2D eigenvalue weighted by molar-refractivity contribution is -0.0652. The minimum absolute atomic E-state index is 0.374. The van der Waals surface area contributed by atoms with Gasteiger partial charge in [-0.2, -0.15) is 0 Å². The highest BCUT2D eigenvalue weighted by molar-refractivity contribution is 7.47. The fraction of sp³-hybridized carbons (Fsp3) is 0.333. The van der Waals surface area contributed by atoms with Crippen LogP contribution in [0.4, 0.5) is 0 Å². The van der Waals surface area contributed by atoms with E-state index in [4.69, 9.17) is 18.5 Å². The number of para-hydroxylation sites is 2. The second-order valence-corrected chi connectivity index (χ2v) is 6.58. The highest BCUT2D eigenvalue weighted by atomic mass is 31.2. The largest absolute Gasteiger partial charge is 0.478 e. The van der Waals surface area contributed by atoms with E-state index in [2.05, 4.69) is 0 Å². The molecule has 2 rings (SSSR count). The summed E-state index contributed by atoms with van der Waals surface area (Å²) in [6.07, 6.45) is -1.07. The molecule has 0 saturated heterocycles. The Morgan fingerprint density at radius 2 is 1.16 bits per heavy atom. The molecule has 2 unspecified atom stereocenters. The maximum atomic E-state index is 12.3. The Kier molecular flexibility index (Phi) is 7.47. The molecule has 2 aromatic rings. The van der Waals surface area contributed by atoms with Gasteiger partial charge < -0.3 is 14.4 Å². The van der Waals surface area contributed by atoms with Crippen molar-refractivity contribution in [1.82, 2.24) is 0 Å². The first-order valence-corrected chi connectivity index (χ1v) is 9.65. The summed E-state index contributed by atoms with van der Waals surface area (Å²) in [5.41, 5.74) is 0. The molecule has 0 fully saturated rings. The third-order valence-corrected chi connectivity index (χ3v) is 4.19. The molecule has 0 heterocycles. The Labute approximate surface area is 147 Å². The molecule has 0 bridgehead atoms. The van der Waals surface area contributed by atoms with Crippen LogP contribution in [0.5, 0.6) is 11.5 Å². The van der Waals surface area contributed by atoms with E-state index in [-0.39, 0.29) is 0 Å². The number of ether oxygens (including phenoxy) is 2. The summed E-state index contributed by atoms with van der Waals surface area (Å²) in [6.45, 7) is 3.57. The van der Waals surface area contributed by atoms with E-state index in [0.717, 1.165) is 0 Å². The number of phosphoric ester groups is 1. The number of benzene rings is 2. The number of rotatable bonds is 10. The van der Waals surface area contributed by atoms with Crippen LogP contribution < -0.4 is 9.47 Å². The molecule has 25 heavy (non-hydrogen) atoms. The first-order valence-electron chi connectivity index (χ1n) is 8.15. The predicted molar refractivity (Wildman–Crippen MR) is 94.3 cm³/mol. The van der Waals surface area contributed by atoms with Crippen LogP contribution in [-0.4, -0.2) is 17.5 Å². The minimum atomic E-state index is -4.36. The normalized spacial score (nSPS) is 15.8. The van der Waals surface area contributed by atoms with E-state index in [0.29, 0.717) is 24.3 Å². The van der Waals surface area contributed by atoms with Gasteiger partial charge in [0.1, 0.15) is 11.5 Å². The maximum absolute atomic E-state index is 12.3. The van der Waals surface area contributed by atoms with Crippen LogP contribution in [0.15, 0.2) is 60.7 Å². The Bertz CT molecular complexity index is 608. The Morgan fingerprint density at radius 3 is 1.48 bits per heavy atom. The van der Waals surface area contributed by atoms with Crippen molar-refractivity contribution in [2.24, 2.45) is 0 Å². The highest BCUT2D eigenvalue weighted by Gasteiger charge is 2.31. The van der Waals surface area contributed by atoms with Gasteiger partial charge in [-0.25, -0.2) is 13.6 Å². The molecule has 0 aliphatic carbocycles. The second kappa shape index (κ2) is 9.59. The molecular weight excluding hydrogens is 343 g/mol. The molecule has 0 amide bonds. The molecule has 2 aromatic carbocycles. The Morgan fingerprint density at radius 1 is 0.800 bits per heavy atom. The van der Waals surface area contributed by atoms with Crippen LogP contribution in [0.2, 0.25) is 0 Å². The lowest BCUT2D eigenvalue weighted by atomic mass is 10.3. The standard InChI is InChI=1S/C18H23O6P/c1-3-17(21-15-11-7-5-8-12-15)23-25(19,20)24-18(4-2)22-16-13-9-6-10-14-16/h5-14,17-18H,3-4H2,1-2H3,(H,19,20). The predicted octanol–water partition coefficient (Wildman–Crippen LogP) is 4.75. The van der Waals surface area contributed by atoms with Crippen molar-refractivity contribution in [2.75, 3.05) is 0 Å². The van der Waals surface area contributed by atoms with Gasteiger partial charge >= 0.3 is 7.82 Å². The molecule has 0 radical (unpaired) electrons. The fourth-order valence-electron chi connectivity index (χ4n) is 1.98. The van der Waals surface area contributed by atoms with Crippen LogP contribution in [0.1, 0.15) is 26.7 Å². The third kappa shape index (κ3) is 6.88. The van der Waals surface area contributed by atoms with Crippen molar-refractivity contribution in [2.45, 2.75) is 39.3 Å². The van der Waals surface area contributed by atoms with Gasteiger partial charge in [-0.05, 0) is 24.3 Å². The smallest absolute Gasteiger partial charge is 0.464 e. The zero-order valence-electron chi connectivity index (χ0n) is 14.3. The quantitative estimate of drug-likeness (QED) is 0.483. The maximum Gasteiger partial charge on any atom is 0.478 e. The van der Waals surface area contributed by atoms with Crippen molar-refractivity contribution in [1.29, 1.82) is 0 Å². The van der Waals surface area contributed by atoms with Gasteiger partial charge in [-0.15, -0.1) is 0 Å². The number of hydrogen-bond acceptors (Lipinski definition) is 5. The molecule has 0 aliphatic heterocycles. The molecule has 6 nitrogen and oxygen atoms in total. The average molecular weight is 366 g/mol. The summed E-state index contributed by atoms with van der Waals surface area (Å²) < 4.78 is 33.7. The molecule has 0 saturated carbocycles. The monoisotopic (exact) mass is 366 g/mol. The molecule has 2 atom stereocenters. The lowest BCUT2D eigenvalue weighted by Gasteiger charge is -2.24. The van der Waals surface area contributed by atoms with Crippen LogP contribution in [0, 0.1) is 0 Å². The SMILES string of the molecule is CCC(Oc1ccccc1)OP(=O)(O)OC(CC)Oc1ccccc1. The van der Waals surface area contributed by atoms with Gasteiger partial charge in [0, 0.05) is 12.8 Å². The first kappa shape index (κ1) is 19.5. The van der Waals surface area contributed by atoms with Gasteiger partial charge in [0.15, 0.2) is 0 Å². The summed E-state index contributed by atoms with van der Waals surface area (Å²) in [5, 5.41) is 0. The summed E-state index contributed by atoms with van der Waals surface area (Å²) in [7, 11) is -4.36. The Balaban J connectivity index is 1.94. The highest BCUT2D eigenvalue weighted by Crippen LogP contribution is 2.47. The van der Waals surface area contributed by atoms with Crippen LogP contribution in [0.25, 0.3) is 0 Å². The first-order chi connectivity index (χ1) is 12.0. The van der Waals surface area contributed by atoms with Gasteiger partial charge in [-0.3, -0.25) is 0 Å². The van der Waals surface area contributed by atoms with Crippen LogP contribution in [-0.2, 0) is 13.6 Å². The van der Waals surface area contributed by atoms with E-state index in [1.165, 1.54) is 0 Å². The van der Waals surface area contributed by atoms with E-state index < -0.39 is 20.4 Å². The lowest BCUT2D eigenvalue weighted by Crippen LogP contribution is -2.23. The van der Waals surface area contributed by atoms with Crippen molar-refractivity contribution >= 4 is 7.82 Å². The summed E-state index contributed by atoms with van der Waals surface area (Å²) in [4.78, 5) is 10.0. The van der Waals surface area contributed by atoms with E-state index in [1.807, 2.05) is 12.1 Å². The summed E-state index contributed by atoms with van der Waals surface area (Å²) in [6, 6.07) is 17.9. The van der Waals surface area contributed by atoms with Crippen LogP contribution >= 0.6 is 7.82 Å². The third-order valence-electron chi connectivity index (χ3n) is 3.19. The minimum Gasteiger partial charge on any atom is -0.464 e. The number of hydrogen-bond donors (Lipinski definition) is 1. The Hall–Kier alpha value is -1.85. The summed E-state index contributed by atoms with van der Waals surface area (Å²) >= 11 is 0. The van der Waals surface area contributed by atoms with Gasteiger partial charge in [0.2, 0.25) is 12.6 Å². The van der Waals surface area contributed by atoms with Crippen molar-refractivity contribution in [3.63, 3.8) is 0 Å². The molecule has 0 aromatic heterocycles. The molecule has 7 heteroatoms. The van der Waals surface area contributed by atoms with Crippen LogP contribution in [0.3, 0.4) is 0 Å². The molecule has 0 spiro atoms. The molecular formula is C18H23O6P. The zero-order chi connectivity index (χ0) is 18.1. The van der Waals surface area contributed by atoms with E-state index >= 15 is 0 Å². The second-order valence-electron chi connectivity index (χ2n) is 5.22. The molecule has 136 valence electrons. The van der Waals surface area contributed by atoms with E-state index in [1.54, 1.807) is 62.4 Å². The van der Waals surface area contributed by atoms with E-state index in [9.17, 15) is 9.46 Å². The van der Waals surface area contributed by atoms with Gasteiger partial charge in [-0.1, -0.05) is 50.2 Å². The number of phosphoric acid groups is 1. The summed E-state index contributed by atoms with van der Waals surface area (Å²) in [5.74, 6) is 1.09. The fourth-order valence-corrected chi connectivity index (χ4v) is 3.01. The average Bonchev–Trinajstić information content (AvgIpc) is 2.62. The van der Waals surface area contributed by atoms with Gasteiger partial charge in [0.25, 0.3) is 0 Å². The molecule has 0 aliphatic rings. The zero-order valence-corrected chi connectivity index (χ0v) is 15.2. The van der Waals surface area contributed by atoms with Crippen molar-refractivity contribution in [3.05, 3.63) is 60.7 Å². The van der Waals surface area contributed by atoms with Crippen molar-refractivity contribution < 1.29 is 28.0 Å².